The lowest BCUT2D eigenvalue weighted by Crippen LogP contribution is -2.53. The van der Waals surface area contributed by atoms with E-state index >= 15 is 0 Å². The first-order valence-corrected chi connectivity index (χ1v) is 16.6. The van der Waals surface area contributed by atoms with E-state index in [1.165, 1.54) is 17.0 Å². The lowest BCUT2D eigenvalue weighted by molar-refractivity contribution is -0.140. The molecule has 0 aliphatic carbocycles. The van der Waals surface area contributed by atoms with Crippen molar-refractivity contribution < 1.29 is 27.1 Å². The van der Waals surface area contributed by atoms with Gasteiger partial charge in [-0.3, -0.25) is 13.9 Å². The highest BCUT2D eigenvalue weighted by atomic mass is 32.2. The van der Waals surface area contributed by atoms with E-state index < -0.39 is 34.3 Å². The number of carbonyl (C=O) groups is 2. The van der Waals surface area contributed by atoms with E-state index in [-0.39, 0.29) is 24.6 Å². The third kappa shape index (κ3) is 9.90. The first-order chi connectivity index (χ1) is 21.6. The molecular formula is C35H38FN3O5S. The normalized spacial score (nSPS) is 11.8. The Hall–Kier alpha value is -4.70. The molecule has 0 spiro atoms. The fourth-order valence-electron chi connectivity index (χ4n) is 4.77. The molecule has 4 aromatic rings. The first-order valence-electron chi connectivity index (χ1n) is 14.7. The molecule has 1 N–H and O–H groups in total. The van der Waals surface area contributed by atoms with Gasteiger partial charge in [0.05, 0.1) is 11.9 Å². The summed E-state index contributed by atoms with van der Waals surface area (Å²) >= 11 is 0. The first kappa shape index (κ1) is 33.2. The maximum atomic E-state index is 14.1. The quantitative estimate of drug-likeness (QED) is 0.191. The van der Waals surface area contributed by atoms with Gasteiger partial charge in [-0.15, -0.1) is 0 Å². The molecule has 10 heteroatoms. The van der Waals surface area contributed by atoms with Crippen LogP contribution in [0.25, 0.3) is 0 Å². The van der Waals surface area contributed by atoms with Crippen molar-refractivity contribution >= 4 is 27.5 Å². The van der Waals surface area contributed by atoms with Crippen LogP contribution >= 0.6 is 0 Å². The molecule has 4 aromatic carbocycles. The zero-order valence-corrected chi connectivity index (χ0v) is 26.3. The van der Waals surface area contributed by atoms with Crippen molar-refractivity contribution in [3.8, 4) is 5.75 Å². The summed E-state index contributed by atoms with van der Waals surface area (Å²) in [4.78, 5) is 29.0. The molecule has 0 saturated carbocycles. The molecule has 0 saturated heterocycles. The van der Waals surface area contributed by atoms with Crippen LogP contribution in [0.15, 0.2) is 109 Å². The van der Waals surface area contributed by atoms with Gasteiger partial charge in [0.15, 0.2) is 0 Å². The van der Waals surface area contributed by atoms with Crippen LogP contribution in [0.1, 0.15) is 30.0 Å². The second-order valence-electron chi connectivity index (χ2n) is 10.7. The van der Waals surface area contributed by atoms with Crippen molar-refractivity contribution in [1.82, 2.24) is 10.2 Å². The van der Waals surface area contributed by atoms with Gasteiger partial charge < -0.3 is 15.0 Å². The summed E-state index contributed by atoms with van der Waals surface area (Å²) in [7, 11) is -3.92. The fraction of sp³-hybridized carbons (Fsp3) is 0.257. The Morgan fingerprint density at radius 1 is 0.822 bits per heavy atom. The summed E-state index contributed by atoms with van der Waals surface area (Å²) in [5.41, 5.74) is 2.68. The Morgan fingerprint density at radius 2 is 1.42 bits per heavy atom. The standard InChI is InChI=1S/C35H38FN3O5S/c1-3-22-37-35(41)33(23-27-10-6-4-7-11-27)38(24-28-14-16-30(36)17-15-28)34(40)25-39(45(2,42)43)31-18-20-32(21-19-31)44-26-29-12-8-5-9-13-29/h4-21,33H,3,22-26H2,1-2H3,(H,37,41). The molecule has 45 heavy (non-hydrogen) atoms. The van der Waals surface area contributed by atoms with Gasteiger partial charge in [-0.05, 0) is 59.5 Å². The molecule has 0 radical (unpaired) electrons. The lowest BCUT2D eigenvalue weighted by Gasteiger charge is -2.33. The van der Waals surface area contributed by atoms with Gasteiger partial charge in [0.1, 0.15) is 30.8 Å². The van der Waals surface area contributed by atoms with E-state index in [2.05, 4.69) is 5.32 Å². The highest BCUT2D eigenvalue weighted by Crippen LogP contribution is 2.24. The summed E-state index contributed by atoms with van der Waals surface area (Å²) in [6.07, 6.45) is 1.93. The number of ether oxygens (including phenoxy) is 1. The fourth-order valence-corrected chi connectivity index (χ4v) is 5.62. The minimum absolute atomic E-state index is 0.0278. The third-order valence-electron chi connectivity index (χ3n) is 7.14. The number of hydrogen-bond donors (Lipinski definition) is 1. The average molecular weight is 632 g/mol. The number of benzene rings is 4. The van der Waals surface area contributed by atoms with Crippen LogP contribution in [-0.4, -0.2) is 50.5 Å². The molecule has 1 unspecified atom stereocenters. The molecule has 236 valence electrons. The van der Waals surface area contributed by atoms with E-state index in [4.69, 9.17) is 4.74 Å². The van der Waals surface area contributed by atoms with Crippen LogP contribution in [0.5, 0.6) is 5.75 Å². The molecule has 1 atom stereocenters. The Morgan fingerprint density at radius 3 is 2.00 bits per heavy atom. The molecule has 0 fully saturated rings. The highest BCUT2D eigenvalue weighted by molar-refractivity contribution is 7.92. The van der Waals surface area contributed by atoms with E-state index in [0.29, 0.717) is 30.9 Å². The molecular weight excluding hydrogens is 593 g/mol. The summed E-state index contributed by atoms with van der Waals surface area (Å²) in [6, 6.07) is 30.1. The van der Waals surface area contributed by atoms with Gasteiger partial charge in [0.25, 0.3) is 0 Å². The van der Waals surface area contributed by atoms with Crippen LogP contribution in [0.2, 0.25) is 0 Å². The molecule has 8 nitrogen and oxygen atoms in total. The lowest BCUT2D eigenvalue weighted by atomic mass is 10.0. The maximum Gasteiger partial charge on any atom is 0.244 e. The third-order valence-corrected chi connectivity index (χ3v) is 8.28. The van der Waals surface area contributed by atoms with Gasteiger partial charge in [-0.2, -0.15) is 0 Å². The van der Waals surface area contributed by atoms with Crippen LogP contribution < -0.4 is 14.4 Å². The van der Waals surface area contributed by atoms with Crippen molar-refractivity contribution in [1.29, 1.82) is 0 Å². The summed E-state index contributed by atoms with van der Waals surface area (Å²) in [6.45, 7) is 2.11. The Labute approximate surface area is 264 Å². The number of hydrogen-bond acceptors (Lipinski definition) is 5. The van der Waals surface area contributed by atoms with Gasteiger partial charge in [-0.1, -0.05) is 79.7 Å². The minimum atomic E-state index is -3.92. The number of amides is 2. The Bertz CT molecular complexity index is 1630. The molecule has 4 rings (SSSR count). The number of nitrogens with zero attached hydrogens (tertiary/aromatic N) is 2. The average Bonchev–Trinajstić information content (AvgIpc) is 3.04. The number of sulfonamides is 1. The second kappa shape index (κ2) is 15.9. The van der Waals surface area contributed by atoms with Crippen molar-refractivity contribution in [3.63, 3.8) is 0 Å². The van der Waals surface area contributed by atoms with Crippen LogP contribution in [0.3, 0.4) is 0 Å². The zero-order chi connectivity index (χ0) is 32.2. The Kier molecular flexibility index (Phi) is 11.7. The number of carbonyl (C=O) groups excluding carboxylic acids is 2. The summed E-state index contributed by atoms with van der Waals surface area (Å²) in [5.74, 6) is -0.836. The van der Waals surface area contributed by atoms with Gasteiger partial charge in [0, 0.05) is 19.5 Å². The van der Waals surface area contributed by atoms with Gasteiger partial charge in [-0.25, -0.2) is 12.8 Å². The summed E-state index contributed by atoms with van der Waals surface area (Å²) < 4.78 is 46.6. The highest BCUT2D eigenvalue weighted by Gasteiger charge is 2.33. The second-order valence-corrected chi connectivity index (χ2v) is 12.6. The van der Waals surface area contributed by atoms with Gasteiger partial charge in [0.2, 0.25) is 21.8 Å². The van der Waals surface area contributed by atoms with Crippen LogP contribution in [0.4, 0.5) is 10.1 Å². The van der Waals surface area contributed by atoms with Crippen molar-refractivity contribution in [2.75, 3.05) is 23.7 Å². The van der Waals surface area contributed by atoms with E-state index in [1.54, 1.807) is 36.4 Å². The molecule has 0 aromatic heterocycles. The topological polar surface area (TPSA) is 96.0 Å². The molecule has 0 aliphatic heterocycles. The predicted molar refractivity (Wildman–Crippen MR) is 174 cm³/mol. The number of halogens is 1. The van der Waals surface area contributed by atoms with E-state index in [1.807, 2.05) is 67.6 Å². The molecule has 0 heterocycles. The van der Waals surface area contributed by atoms with Gasteiger partial charge >= 0.3 is 0 Å². The molecule has 0 aliphatic rings. The van der Waals surface area contributed by atoms with Crippen LogP contribution in [-0.2, 0) is 39.2 Å². The minimum Gasteiger partial charge on any atom is -0.489 e. The van der Waals surface area contributed by atoms with E-state index in [9.17, 15) is 22.4 Å². The smallest absolute Gasteiger partial charge is 0.244 e. The largest absolute Gasteiger partial charge is 0.489 e. The Balaban J connectivity index is 1.63. The van der Waals surface area contributed by atoms with Crippen molar-refractivity contribution in [3.05, 3.63) is 132 Å². The van der Waals surface area contributed by atoms with Crippen molar-refractivity contribution in [2.24, 2.45) is 0 Å². The van der Waals surface area contributed by atoms with Crippen LogP contribution in [0, 0.1) is 5.82 Å². The number of nitrogens with one attached hydrogen (secondary N) is 1. The number of anilines is 1. The zero-order valence-electron chi connectivity index (χ0n) is 25.4. The molecule has 0 bridgehead atoms. The maximum absolute atomic E-state index is 14.1. The number of rotatable bonds is 15. The summed E-state index contributed by atoms with van der Waals surface area (Å²) in [5, 5.41) is 2.89. The molecule has 2 amide bonds. The monoisotopic (exact) mass is 631 g/mol. The SMILES string of the molecule is CCCNC(=O)C(Cc1ccccc1)N(Cc1ccc(F)cc1)C(=O)CN(c1ccc(OCc2ccccc2)cc1)S(C)(=O)=O. The predicted octanol–water partition coefficient (Wildman–Crippen LogP) is 5.34. The van der Waals surface area contributed by atoms with E-state index in [0.717, 1.165) is 21.7 Å². The van der Waals surface area contributed by atoms with Crippen molar-refractivity contribution in [2.45, 2.75) is 39.0 Å².